The predicted molar refractivity (Wildman–Crippen MR) is 103 cm³/mol. The number of alkyl halides is 1. The third-order valence-electron chi connectivity index (χ3n) is 4.30. The number of hydrogen-bond acceptors (Lipinski definition) is 1. The molecule has 0 bridgehead atoms. The fourth-order valence-corrected chi connectivity index (χ4v) is 3.49. The summed E-state index contributed by atoms with van der Waals surface area (Å²) in [5.74, 6) is 0. The molecular formula is C21H23BrO. The minimum Gasteiger partial charge on any atom is -0.377 e. The van der Waals surface area contributed by atoms with Gasteiger partial charge in [0, 0.05) is 11.9 Å². The predicted octanol–water partition coefficient (Wildman–Crippen LogP) is 6.46. The third-order valence-corrected chi connectivity index (χ3v) is 4.86. The van der Waals surface area contributed by atoms with Crippen LogP contribution in [0.1, 0.15) is 31.2 Å². The van der Waals surface area contributed by atoms with Crippen molar-refractivity contribution in [1.82, 2.24) is 0 Å². The largest absolute Gasteiger partial charge is 0.377 e. The average molecular weight is 371 g/mol. The van der Waals surface area contributed by atoms with Gasteiger partial charge in [0.15, 0.2) is 0 Å². The molecule has 0 heterocycles. The van der Waals surface area contributed by atoms with Crippen LogP contribution in [0, 0.1) is 0 Å². The lowest BCUT2D eigenvalue weighted by molar-refractivity contribution is 0.118. The van der Waals surface area contributed by atoms with Gasteiger partial charge in [-0.25, -0.2) is 0 Å². The first kappa shape index (κ1) is 16.5. The molecule has 3 aromatic rings. The van der Waals surface area contributed by atoms with Crippen LogP contribution in [0.25, 0.3) is 21.5 Å². The van der Waals surface area contributed by atoms with Crippen LogP contribution in [-0.2, 0) is 11.3 Å². The van der Waals surface area contributed by atoms with Crippen LogP contribution < -0.4 is 0 Å². The fourth-order valence-electron chi connectivity index (χ4n) is 3.09. The Bertz CT molecular complexity index is 712. The van der Waals surface area contributed by atoms with Gasteiger partial charge in [-0.05, 0) is 46.0 Å². The molecule has 0 atom stereocenters. The summed E-state index contributed by atoms with van der Waals surface area (Å²) in [4.78, 5) is 0. The van der Waals surface area contributed by atoms with Crippen LogP contribution in [0.3, 0.4) is 0 Å². The van der Waals surface area contributed by atoms with Crippen molar-refractivity contribution in [3.8, 4) is 0 Å². The smallest absolute Gasteiger partial charge is 0.0728 e. The van der Waals surface area contributed by atoms with Gasteiger partial charge in [0.05, 0.1) is 6.61 Å². The molecule has 0 aliphatic heterocycles. The lowest BCUT2D eigenvalue weighted by Gasteiger charge is -2.12. The summed E-state index contributed by atoms with van der Waals surface area (Å²) < 4.78 is 6.00. The molecule has 0 N–H and O–H groups in total. The quantitative estimate of drug-likeness (QED) is 0.251. The monoisotopic (exact) mass is 370 g/mol. The van der Waals surface area contributed by atoms with E-state index in [1.54, 1.807) is 0 Å². The van der Waals surface area contributed by atoms with Gasteiger partial charge in [-0.1, -0.05) is 77.3 Å². The minimum atomic E-state index is 0.695. The Balaban J connectivity index is 1.75. The number of ether oxygens (including phenoxy) is 1. The van der Waals surface area contributed by atoms with Crippen molar-refractivity contribution in [2.75, 3.05) is 11.9 Å². The second-order valence-electron chi connectivity index (χ2n) is 5.95. The van der Waals surface area contributed by atoms with E-state index in [4.69, 9.17) is 4.74 Å². The van der Waals surface area contributed by atoms with Crippen molar-refractivity contribution < 1.29 is 4.74 Å². The topological polar surface area (TPSA) is 9.23 Å². The van der Waals surface area contributed by atoms with Crippen molar-refractivity contribution in [3.63, 3.8) is 0 Å². The summed E-state index contributed by atoms with van der Waals surface area (Å²) in [7, 11) is 0. The van der Waals surface area contributed by atoms with Gasteiger partial charge in [-0.3, -0.25) is 0 Å². The third kappa shape index (κ3) is 4.13. The van der Waals surface area contributed by atoms with E-state index in [1.165, 1.54) is 46.4 Å². The molecule has 0 aliphatic carbocycles. The minimum absolute atomic E-state index is 0.695. The molecule has 23 heavy (non-hydrogen) atoms. The molecule has 120 valence electrons. The zero-order chi connectivity index (χ0) is 15.9. The molecule has 2 heteroatoms. The summed E-state index contributed by atoms with van der Waals surface area (Å²) in [5, 5.41) is 6.32. The maximum atomic E-state index is 6.00. The van der Waals surface area contributed by atoms with E-state index in [9.17, 15) is 0 Å². The molecule has 0 aromatic heterocycles. The van der Waals surface area contributed by atoms with E-state index in [2.05, 4.69) is 70.5 Å². The highest BCUT2D eigenvalue weighted by Gasteiger charge is 2.07. The summed E-state index contributed by atoms with van der Waals surface area (Å²) in [5.41, 5.74) is 1.32. The fraction of sp³-hybridized carbons (Fsp3) is 0.333. The molecule has 0 unspecified atom stereocenters. The van der Waals surface area contributed by atoms with Crippen LogP contribution in [0.15, 0.2) is 54.6 Å². The Morgan fingerprint density at radius 1 is 0.739 bits per heavy atom. The normalized spacial score (nSPS) is 11.3. The highest BCUT2D eigenvalue weighted by atomic mass is 79.9. The summed E-state index contributed by atoms with van der Waals surface area (Å²) in [6.45, 7) is 1.54. The zero-order valence-electron chi connectivity index (χ0n) is 13.4. The first-order valence-corrected chi connectivity index (χ1v) is 9.55. The molecule has 0 radical (unpaired) electrons. The van der Waals surface area contributed by atoms with Crippen LogP contribution in [0.2, 0.25) is 0 Å². The second kappa shape index (κ2) is 8.47. The maximum absolute atomic E-state index is 6.00. The van der Waals surface area contributed by atoms with Crippen molar-refractivity contribution in [3.05, 3.63) is 60.2 Å². The lowest BCUT2D eigenvalue weighted by Crippen LogP contribution is -1.98. The van der Waals surface area contributed by atoms with Gasteiger partial charge in [0.25, 0.3) is 0 Å². The van der Waals surface area contributed by atoms with Crippen molar-refractivity contribution in [2.24, 2.45) is 0 Å². The molecule has 0 saturated carbocycles. The molecule has 3 aromatic carbocycles. The maximum Gasteiger partial charge on any atom is 0.0728 e. The molecule has 0 saturated heterocycles. The average Bonchev–Trinajstić information content (AvgIpc) is 2.60. The van der Waals surface area contributed by atoms with E-state index in [0.717, 1.165) is 18.4 Å². The Morgan fingerprint density at radius 3 is 2.00 bits per heavy atom. The highest BCUT2D eigenvalue weighted by molar-refractivity contribution is 9.09. The second-order valence-corrected chi connectivity index (χ2v) is 6.75. The first-order valence-electron chi connectivity index (χ1n) is 8.43. The first-order chi connectivity index (χ1) is 11.4. The lowest BCUT2D eigenvalue weighted by atomic mass is 9.97. The number of halogens is 1. The molecule has 0 amide bonds. The van der Waals surface area contributed by atoms with Gasteiger partial charge < -0.3 is 4.74 Å². The Hall–Kier alpha value is -1.38. The standard InChI is InChI=1S/C21H23BrO/c22-13-7-1-2-8-14-23-16-21-19-11-5-3-9-17(19)15-18-10-4-6-12-20(18)21/h3-6,9-12,15H,1-2,7-8,13-14,16H2. The number of fused-ring (bicyclic) bond motifs is 2. The molecular weight excluding hydrogens is 348 g/mol. The molecule has 3 rings (SSSR count). The zero-order valence-corrected chi connectivity index (χ0v) is 15.0. The van der Waals surface area contributed by atoms with Gasteiger partial charge in [0.2, 0.25) is 0 Å². The molecule has 0 fully saturated rings. The van der Waals surface area contributed by atoms with E-state index < -0.39 is 0 Å². The van der Waals surface area contributed by atoms with Crippen LogP contribution in [0.5, 0.6) is 0 Å². The molecule has 0 aliphatic rings. The van der Waals surface area contributed by atoms with Crippen LogP contribution in [-0.4, -0.2) is 11.9 Å². The van der Waals surface area contributed by atoms with Gasteiger partial charge in [0.1, 0.15) is 0 Å². The van der Waals surface area contributed by atoms with Crippen molar-refractivity contribution >= 4 is 37.5 Å². The highest BCUT2D eigenvalue weighted by Crippen LogP contribution is 2.29. The van der Waals surface area contributed by atoms with E-state index in [-0.39, 0.29) is 0 Å². The van der Waals surface area contributed by atoms with Gasteiger partial charge >= 0.3 is 0 Å². The number of rotatable bonds is 8. The van der Waals surface area contributed by atoms with Gasteiger partial charge in [-0.2, -0.15) is 0 Å². The summed E-state index contributed by atoms with van der Waals surface area (Å²) in [6, 6.07) is 19.5. The number of unbranched alkanes of at least 4 members (excludes halogenated alkanes) is 3. The van der Waals surface area contributed by atoms with Crippen molar-refractivity contribution in [1.29, 1.82) is 0 Å². The SMILES string of the molecule is BrCCCCCCOCc1c2ccccc2cc2ccccc12. The van der Waals surface area contributed by atoms with E-state index >= 15 is 0 Å². The van der Waals surface area contributed by atoms with E-state index in [1.807, 2.05) is 0 Å². The van der Waals surface area contributed by atoms with E-state index in [0.29, 0.717) is 6.61 Å². The van der Waals surface area contributed by atoms with Crippen molar-refractivity contribution in [2.45, 2.75) is 32.3 Å². The molecule has 0 spiro atoms. The van der Waals surface area contributed by atoms with Crippen LogP contribution in [0.4, 0.5) is 0 Å². The summed E-state index contributed by atoms with van der Waals surface area (Å²) >= 11 is 3.48. The number of benzene rings is 3. The van der Waals surface area contributed by atoms with Gasteiger partial charge in [-0.15, -0.1) is 0 Å². The Morgan fingerprint density at radius 2 is 1.35 bits per heavy atom. The van der Waals surface area contributed by atoms with Crippen LogP contribution >= 0.6 is 15.9 Å². The summed E-state index contributed by atoms with van der Waals surface area (Å²) in [6.07, 6.45) is 4.94. The Kier molecular flexibility index (Phi) is 6.06. The Labute approximate surface area is 146 Å². The molecule has 1 nitrogen and oxygen atoms in total. The number of hydrogen-bond donors (Lipinski definition) is 0.